The van der Waals surface area contributed by atoms with Crippen molar-refractivity contribution in [3.8, 4) is 0 Å². The van der Waals surface area contributed by atoms with Crippen molar-refractivity contribution in [2.45, 2.75) is 19.1 Å². The molecule has 1 aromatic rings. The van der Waals surface area contributed by atoms with E-state index in [4.69, 9.17) is 10.5 Å². The monoisotopic (exact) mass is 199 g/mol. The highest BCUT2D eigenvalue weighted by Crippen LogP contribution is 2.36. The van der Waals surface area contributed by atoms with E-state index in [1.807, 2.05) is 0 Å². The maximum absolute atomic E-state index is 13.3. The van der Waals surface area contributed by atoms with Gasteiger partial charge in [0.15, 0.2) is 0 Å². The van der Waals surface area contributed by atoms with E-state index in [9.17, 15) is 8.78 Å². The summed E-state index contributed by atoms with van der Waals surface area (Å²) in [6.45, 7) is -0.0328. The van der Waals surface area contributed by atoms with Gasteiger partial charge in [-0.3, -0.25) is 0 Å². The summed E-state index contributed by atoms with van der Waals surface area (Å²) >= 11 is 0. The second-order valence-electron chi connectivity index (χ2n) is 3.34. The molecule has 0 amide bonds. The normalized spacial score (nSPS) is 19.1. The molecule has 0 radical (unpaired) electrons. The van der Waals surface area contributed by atoms with Gasteiger partial charge in [0.05, 0.1) is 6.61 Å². The predicted molar refractivity (Wildman–Crippen MR) is 47.9 cm³/mol. The van der Waals surface area contributed by atoms with E-state index in [1.165, 1.54) is 6.07 Å². The van der Waals surface area contributed by atoms with Crippen LogP contribution in [0.15, 0.2) is 18.2 Å². The SMILES string of the molecule is NCc1cccc2c1COCC2(F)F. The van der Waals surface area contributed by atoms with Gasteiger partial charge >= 0.3 is 0 Å². The first-order valence-electron chi connectivity index (χ1n) is 4.42. The molecule has 2 rings (SSSR count). The fourth-order valence-electron chi connectivity index (χ4n) is 1.70. The van der Waals surface area contributed by atoms with Crippen LogP contribution in [-0.2, 0) is 23.8 Å². The van der Waals surface area contributed by atoms with E-state index >= 15 is 0 Å². The summed E-state index contributed by atoms with van der Waals surface area (Å²) < 4.78 is 31.5. The lowest BCUT2D eigenvalue weighted by atomic mass is 9.95. The van der Waals surface area contributed by atoms with Gasteiger partial charge < -0.3 is 10.5 Å². The highest BCUT2D eigenvalue weighted by atomic mass is 19.3. The van der Waals surface area contributed by atoms with Crippen molar-refractivity contribution in [3.63, 3.8) is 0 Å². The molecule has 2 nitrogen and oxygen atoms in total. The second kappa shape index (κ2) is 3.29. The minimum absolute atomic E-state index is 0.0618. The lowest BCUT2D eigenvalue weighted by Gasteiger charge is -2.26. The van der Waals surface area contributed by atoms with E-state index in [0.717, 1.165) is 5.56 Å². The van der Waals surface area contributed by atoms with E-state index < -0.39 is 12.5 Å². The van der Waals surface area contributed by atoms with Gasteiger partial charge in [-0.25, -0.2) is 0 Å². The molecule has 1 heterocycles. The van der Waals surface area contributed by atoms with Crippen molar-refractivity contribution in [2.24, 2.45) is 5.73 Å². The summed E-state index contributed by atoms with van der Waals surface area (Å²) in [6.07, 6.45) is 0. The van der Waals surface area contributed by atoms with Gasteiger partial charge in [-0.2, -0.15) is 8.78 Å². The quantitative estimate of drug-likeness (QED) is 0.748. The van der Waals surface area contributed by atoms with Crippen LogP contribution < -0.4 is 5.73 Å². The van der Waals surface area contributed by atoms with Crippen LogP contribution in [-0.4, -0.2) is 6.61 Å². The number of benzene rings is 1. The molecule has 4 heteroatoms. The van der Waals surface area contributed by atoms with Gasteiger partial charge in [0.25, 0.3) is 5.92 Å². The molecule has 0 atom stereocenters. The van der Waals surface area contributed by atoms with Crippen molar-refractivity contribution in [3.05, 3.63) is 34.9 Å². The first-order chi connectivity index (χ1) is 6.65. The number of rotatable bonds is 1. The van der Waals surface area contributed by atoms with Crippen molar-refractivity contribution in [1.82, 2.24) is 0 Å². The van der Waals surface area contributed by atoms with Crippen LogP contribution in [0, 0.1) is 0 Å². The Labute approximate surface area is 80.7 Å². The standard InChI is InChI=1S/C10H11F2NO/c11-10(12)6-14-5-8-7(4-13)2-1-3-9(8)10/h1-3H,4-6,13H2. The Morgan fingerprint density at radius 1 is 1.43 bits per heavy atom. The Morgan fingerprint density at radius 2 is 2.21 bits per heavy atom. The Bertz CT molecular complexity index is 352. The fourth-order valence-corrected chi connectivity index (χ4v) is 1.70. The molecule has 0 saturated heterocycles. The maximum atomic E-state index is 13.3. The van der Waals surface area contributed by atoms with Gasteiger partial charge in [-0.1, -0.05) is 18.2 Å². The van der Waals surface area contributed by atoms with Crippen LogP contribution >= 0.6 is 0 Å². The molecule has 0 saturated carbocycles. The molecule has 0 fully saturated rings. The summed E-state index contributed by atoms with van der Waals surface area (Å²) in [5.74, 6) is -2.88. The molecule has 0 bridgehead atoms. The van der Waals surface area contributed by atoms with Crippen molar-refractivity contribution in [1.29, 1.82) is 0 Å². The van der Waals surface area contributed by atoms with Gasteiger partial charge in [0, 0.05) is 12.1 Å². The molecule has 2 N–H and O–H groups in total. The molecule has 0 aromatic heterocycles. The molecule has 76 valence electrons. The number of hydrogen-bond acceptors (Lipinski definition) is 2. The van der Waals surface area contributed by atoms with Gasteiger partial charge in [-0.05, 0) is 11.1 Å². The largest absolute Gasteiger partial charge is 0.370 e. The number of fused-ring (bicyclic) bond motifs is 1. The third-order valence-corrected chi connectivity index (χ3v) is 2.42. The number of nitrogens with two attached hydrogens (primary N) is 1. The van der Waals surface area contributed by atoms with Crippen LogP contribution in [0.25, 0.3) is 0 Å². The average molecular weight is 199 g/mol. The summed E-state index contributed by atoms with van der Waals surface area (Å²) in [5, 5.41) is 0. The first-order valence-corrected chi connectivity index (χ1v) is 4.42. The number of alkyl halides is 2. The Hall–Kier alpha value is -1.00. The molecule has 1 aliphatic heterocycles. The molecule has 0 aliphatic carbocycles. The molecule has 1 aliphatic rings. The van der Waals surface area contributed by atoms with Gasteiger partial charge in [0.2, 0.25) is 0 Å². The van der Waals surface area contributed by atoms with Crippen LogP contribution in [0.2, 0.25) is 0 Å². The fraction of sp³-hybridized carbons (Fsp3) is 0.400. The lowest BCUT2D eigenvalue weighted by Crippen LogP contribution is -2.28. The number of hydrogen-bond donors (Lipinski definition) is 1. The molecular weight excluding hydrogens is 188 g/mol. The predicted octanol–water partition coefficient (Wildman–Crippen LogP) is 1.77. The molecule has 1 aromatic carbocycles. The molecular formula is C10H11F2NO. The van der Waals surface area contributed by atoms with Gasteiger partial charge in [-0.15, -0.1) is 0 Å². The zero-order chi connectivity index (χ0) is 10.2. The third-order valence-electron chi connectivity index (χ3n) is 2.42. The van der Waals surface area contributed by atoms with E-state index in [1.54, 1.807) is 12.1 Å². The van der Waals surface area contributed by atoms with Crippen molar-refractivity contribution >= 4 is 0 Å². The molecule has 0 spiro atoms. The second-order valence-corrected chi connectivity index (χ2v) is 3.34. The summed E-state index contributed by atoms with van der Waals surface area (Å²) in [6, 6.07) is 4.81. The van der Waals surface area contributed by atoms with Crippen molar-refractivity contribution in [2.75, 3.05) is 6.61 Å². The maximum Gasteiger partial charge on any atom is 0.296 e. The van der Waals surface area contributed by atoms with E-state index in [-0.39, 0.29) is 18.7 Å². The zero-order valence-electron chi connectivity index (χ0n) is 7.59. The summed E-state index contributed by atoms with van der Waals surface area (Å²) in [7, 11) is 0. The van der Waals surface area contributed by atoms with Crippen LogP contribution in [0.5, 0.6) is 0 Å². The smallest absolute Gasteiger partial charge is 0.296 e. The number of halogens is 2. The summed E-state index contributed by atoms with van der Waals surface area (Å²) in [4.78, 5) is 0. The van der Waals surface area contributed by atoms with Crippen LogP contribution in [0.4, 0.5) is 8.78 Å². The third kappa shape index (κ3) is 1.40. The topological polar surface area (TPSA) is 35.2 Å². The van der Waals surface area contributed by atoms with Gasteiger partial charge in [0.1, 0.15) is 6.61 Å². The molecule has 14 heavy (non-hydrogen) atoms. The Balaban J connectivity index is 2.55. The van der Waals surface area contributed by atoms with E-state index in [0.29, 0.717) is 5.56 Å². The average Bonchev–Trinajstić information content (AvgIpc) is 2.17. The number of ether oxygens (including phenoxy) is 1. The lowest BCUT2D eigenvalue weighted by molar-refractivity contribution is -0.103. The van der Waals surface area contributed by atoms with Crippen molar-refractivity contribution < 1.29 is 13.5 Å². The highest BCUT2D eigenvalue weighted by molar-refractivity contribution is 5.38. The first kappa shape index (κ1) is 9.55. The summed E-state index contributed by atoms with van der Waals surface area (Å²) in [5.41, 5.74) is 6.81. The van der Waals surface area contributed by atoms with E-state index in [2.05, 4.69) is 0 Å². The minimum atomic E-state index is -2.88. The Kier molecular flexibility index (Phi) is 2.25. The van der Waals surface area contributed by atoms with Crippen LogP contribution in [0.1, 0.15) is 16.7 Å². The minimum Gasteiger partial charge on any atom is -0.370 e. The highest BCUT2D eigenvalue weighted by Gasteiger charge is 2.38. The Morgan fingerprint density at radius 3 is 2.93 bits per heavy atom. The van der Waals surface area contributed by atoms with Crippen LogP contribution in [0.3, 0.4) is 0 Å². The molecule has 0 unspecified atom stereocenters. The zero-order valence-corrected chi connectivity index (χ0v) is 7.59.